The van der Waals surface area contributed by atoms with E-state index in [1.165, 1.54) is 11.3 Å². The van der Waals surface area contributed by atoms with E-state index in [1.807, 2.05) is 60.3 Å². The van der Waals surface area contributed by atoms with Gasteiger partial charge < -0.3 is 10.3 Å². The van der Waals surface area contributed by atoms with Crippen LogP contribution in [0.5, 0.6) is 0 Å². The minimum absolute atomic E-state index is 0.168. The number of hydrazone groups is 1. The van der Waals surface area contributed by atoms with Crippen LogP contribution in [0.25, 0.3) is 21.1 Å². The van der Waals surface area contributed by atoms with Gasteiger partial charge >= 0.3 is 0 Å². The SMILES string of the molecule is Cn1cc(/C=N\NC(=O)Cc2ccc3nc(N)sc3c2)c2ccccc21. The van der Waals surface area contributed by atoms with Gasteiger partial charge in [0.25, 0.3) is 0 Å². The van der Waals surface area contributed by atoms with E-state index in [1.54, 1.807) is 6.21 Å². The Labute approximate surface area is 154 Å². The summed E-state index contributed by atoms with van der Waals surface area (Å²) in [5.41, 5.74) is 12.1. The molecule has 26 heavy (non-hydrogen) atoms. The second-order valence-electron chi connectivity index (χ2n) is 6.04. The Hall–Kier alpha value is -3.19. The molecule has 4 aromatic rings. The van der Waals surface area contributed by atoms with Crippen molar-refractivity contribution in [2.75, 3.05) is 5.73 Å². The number of hydrogen-bond donors (Lipinski definition) is 2. The molecule has 130 valence electrons. The number of nitrogens with two attached hydrogens (primary N) is 1. The lowest BCUT2D eigenvalue weighted by Crippen LogP contribution is -2.19. The Morgan fingerprint density at radius 3 is 3.08 bits per heavy atom. The van der Waals surface area contributed by atoms with E-state index in [2.05, 4.69) is 15.5 Å². The van der Waals surface area contributed by atoms with Crippen molar-refractivity contribution in [1.82, 2.24) is 15.0 Å². The van der Waals surface area contributed by atoms with Gasteiger partial charge in [0.1, 0.15) is 0 Å². The van der Waals surface area contributed by atoms with Crippen LogP contribution in [0, 0.1) is 0 Å². The molecule has 4 rings (SSSR count). The van der Waals surface area contributed by atoms with Gasteiger partial charge in [-0.25, -0.2) is 10.4 Å². The molecule has 3 N–H and O–H groups in total. The van der Waals surface area contributed by atoms with Crippen molar-refractivity contribution in [2.45, 2.75) is 6.42 Å². The summed E-state index contributed by atoms with van der Waals surface area (Å²) in [6, 6.07) is 13.8. The Morgan fingerprint density at radius 2 is 2.19 bits per heavy atom. The van der Waals surface area contributed by atoms with Crippen LogP contribution in [0.4, 0.5) is 5.13 Å². The molecule has 2 aromatic heterocycles. The van der Waals surface area contributed by atoms with Gasteiger partial charge in [0, 0.05) is 29.7 Å². The number of nitrogen functional groups attached to an aromatic ring is 1. The van der Waals surface area contributed by atoms with Gasteiger partial charge in [0.15, 0.2) is 5.13 Å². The molecule has 0 saturated heterocycles. The second kappa shape index (κ2) is 6.61. The molecular formula is C19H17N5OS. The van der Waals surface area contributed by atoms with Gasteiger partial charge in [-0.2, -0.15) is 5.10 Å². The molecule has 2 aromatic carbocycles. The summed E-state index contributed by atoms with van der Waals surface area (Å²) in [6.45, 7) is 0. The van der Waals surface area contributed by atoms with Gasteiger partial charge in [-0.05, 0) is 23.8 Å². The molecule has 0 atom stereocenters. The van der Waals surface area contributed by atoms with Crippen LogP contribution < -0.4 is 11.2 Å². The standard InChI is InChI=1S/C19H17N5OS/c1-24-11-13(14-4-2-3-5-16(14)24)10-21-23-18(25)9-12-6-7-15-17(8-12)26-19(20)22-15/h2-8,10-11H,9H2,1H3,(H2,20,22)(H,23,25)/b21-10-. The normalized spacial score (nSPS) is 11.6. The van der Waals surface area contributed by atoms with Crippen LogP contribution in [0.2, 0.25) is 0 Å². The zero-order valence-electron chi connectivity index (χ0n) is 14.1. The third-order valence-corrected chi connectivity index (χ3v) is 5.00. The zero-order chi connectivity index (χ0) is 18.1. The summed E-state index contributed by atoms with van der Waals surface area (Å²) in [6.07, 6.45) is 3.91. The predicted octanol–water partition coefficient (Wildman–Crippen LogP) is 3.06. The highest BCUT2D eigenvalue weighted by atomic mass is 32.1. The van der Waals surface area contributed by atoms with Gasteiger partial charge in [-0.3, -0.25) is 4.79 Å². The number of rotatable bonds is 4. The fourth-order valence-electron chi connectivity index (χ4n) is 2.97. The van der Waals surface area contributed by atoms with Crippen LogP contribution in [0.1, 0.15) is 11.1 Å². The largest absolute Gasteiger partial charge is 0.375 e. The van der Waals surface area contributed by atoms with Crippen molar-refractivity contribution in [3.63, 3.8) is 0 Å². The molecule has 6 nitrogen and oxygen atoms in total. The van der Waals surface area contributed by atoms with Crippen LogP contribution in [0.3, 0.4) is 0 Å². The lowest BCUT2D eigenvalue weighted by Gasteiger charge is -2.00. The molecule has 2 heterocycles. The number of nitrogens with one attached hydrogen (secondary N) is 1. The van der Waals surface area contributed by atoms with Crippen LogP contribution in [-0.4, -0.2) is 21.7 Å². The van der Waals surface area contributed by atoms with Gasteiger partial charge in [0.2, 0.25) is 5.91 Å². The number of thiazole rings is 1. The number of hydrogen-bond acceptors (Lipinski definition) is 5. The maximum absolute atomic E-state index is 12.1. The summed E-state index contributed by atoms with van der Waals surface area (Å²) in [4.78, 5) is 16.4. The molecule has 0 fully saturated rings. The quantitative estimate of drug-likeness (QED) is 0.432. The first-order valence-electron chi connectivity index (χ1n) is 8.11. The molecule has 0 radical (unpaired) electrons. The predicted molar refractivity (Wildman–Crippen MR) is 106 cm³/mol. The maximum Gasteiger partial charge on any atom is 0.244 e. The fraction of sp³-hybridized carbons (Fsp3) is 0.105. The number of aryl methyl sites for hydroxylation is 1. The third kappa shape index (κ3) is 3.16. The lowest BCUT2D eigenvalue weighted by atomic mass is 10.1. The molecule has 0 aliphatic heterocycles. The first kappa shape index (κ1) is 16.3. The van der Waals surface area contributed by atoms with E-state index in [0.29, 0.717) is 5.13 Å². The van der Waals surface area contributed by atoms with Gasteiger partial charge in [0.05, 0.1) is 22.9 Å². The minimum atomic E-state index is -0.168. The molecular weight excluding hydrogens is 346 g/mol. The highest BCUT2D eigenvalue weighted by molar-refractivity contribution is 7.22. The molecule has 1 amide bonds. The number of benzene rings is 2. The van der Waals surface area contributed by atoms with Crippen molar-refractivity contribution in [2.24, 2.45) is 12.1 Å². The third-order valence-electron chi connectivity index (χ3n) is 4.15. The molecule has 0 saturated carbocycles. The highest BCUT2D eigenvalue weighted by Gasteiger charge is 2.07. The summed E-state index contributed by atoms with van der Waals surface area (Å²) in [5.74, 6) is -0.168. The average molecular weight is 363 g/mol. The smallest absolute Gasteiger partial charge is 0.244 e. The number of amides is 1. The van der Waals surface area contributed by atoms with Gasteiger partial charge in [-0.1, -0.05) is 35.6 Å². The van der Waals surface area contributed by atoms with E-state index in [9.17, 15) is 4.79 Å². The Morgan fingerprint density at radius 1 is 1.35 bits per heavy atom. The number of anilines is 1. The van der Waals surface area contributed by atoms with Crippen molar-refractivity contribution in [1.29, 1.82) is 0 Å². The monoisotopic (exact) mass is 363 g/mol. The average Bonchev–Trinajstić information content (AvgIpc) is 3.14. The maximum atomic E-state index is 12.1. The number of para-hydroxylation sites is 1. The Kier molecular flexibility index (Phi) is 4.14. The van der Waals surface area contributed by atoms with Crippen LogP contribution in [-0.2, 0) is 18.3 Å². The molecule has 0 unspecified atom stereocenters. The van der Waals surface area contributed by atoms with Crippen molar-refractivity contribution in [3.05, 3.63) is 59.8 Å². The van der Waals surface area contributed by atoms with E-state index >= 15 is 0 Å². The topological polar surface area (TPSA) is 85.3 Å². The number of nitrogens with zero attached hydrogens (tertiary/aromatic N) is 3. The Bertz CT molecular complexity index is 1140. The molecule has 0 bridgehead atoms. The number of carbonyl (C=O) groups excluding carboxylic acids is 1. The second-order valence-corrected chi connectivity index (χ2v) is 7.10. The fourth-order valence-corrected chi connectivity index (χ4v) is 3.77. The van der Waals surface area contributed by atoms with Crippen LogP contribution in [0.15, 0.2) is 53.8 Å². The van der Waals surface area contributed by atoms with E-state index < -0.39 is 0 Å². The zero-order valence-corrected chi connectivity index (χ0v) is 15.0. The van der Waals surface area contributed by atoms with E-state index in [-0.39, 0.29) is 12.3 Å². The molecule has 0 aliphatic carbocycles. The summed E-state index contributed by atoms with van der Waals surface area (Å²) in [5, 5.41) is 5.73. The molecule has 0 aliphatic rings. The number of carbonyl (C=O) groups is 1. The number of aromatic nitrogens is 2. The summed E-state index contributed by atoms with van der Waals surface area (Å²) >= 11 is 1.41. The highest BCUT2D eigenvalue weighted by Crippen LogP contribution is 2.24. The van der Waals surface area contributed by atoms with Crippen LogP contribution >= 0.6 is 11.3 Å². The molecule has 7 heteroatoms. The van der Waals surface area contributed by atoms with Gasteiger partial charge in [-0.15, -0.1) is 0 Å². The first-order valence-corrected chi connectivity index (χ1v) is 8.93. The number of fused-ring (bicyclic) bond motifs is 2. The lowest BCUT2D eigenvalue weighted by molar-refractivity contribution is -0.120. The Balaban J connectivity index is 1.44. The van der Waals surface area contributed by atoms with E-state index in [4.69, 9.17) is 5.73 Å². The van der Waals surface area contributed by atoms with Crippen molar-refractivity contribution in [3.8, 4) is 0 Å². The van der Waals surface area contributed by atoms with Crippen molar-refractivity contribution >= 4 is 49.7 Å². The van der Waals surface area contributed by atoms with E-state index in [0.717, 1.165) is 32.2 Å². The first-order chi connectivity index (χ1) is 12.6. The summed E-state index contributed by atoms with van der Waals surface area (Å²) in [7, 11) is 1.99. The van der Waals surface area contributed by atoms with Crippen molar-refractivity contribution < 1.29 is 4.79 Å². The molecule has 0 spiro atoms. The minimum Gasteiger partial charge on any atom is -0.375 e. The summed E-state index contributed by atoms with van der Waals surface area (Å²) < 4.78 is 3.01.